The van der Waals surface area contributed by atoms with Gasteiger partial charge in [0.05, 0.1) is 12.6 Å². The largest absolute Gasteiger partial charge is 0.424 e. The number of aromatic nitrogens is 1. The van der Waals surface area contributed by atoms with Crippen molar-refractivity contribution in [1.82, 2.24) is 4.57 Å². The Morgan fingerprint density at radius 1 is 1.10 bits per heavy atom. The van der Waals surface area contributed by atoms with E-state index in [-0.39, 0.29) is 5.76 Å². The van der Waals surface area contributed by atoms with Gasteiger partial charge in [0.25, 0.3) is 0 Å². The summed E-state index contributed by atoms with van der Waals surface area (Å²) in [7, 11) is 2.08. The number of oxazole rings is 1. The van der Waals surface area contributed by atoms with Crippen LogP contribution in [-0.4, -0.2) is 11.6 Å². The molecule has 0 aliphatic heterocycles. The Balaban J connectivity index is 1.84. The standard InChI is InChI=1S/C17H18N2O2/c1-13-7-3-4-8-14(13)11-18(2)12-19-15-9-5-6-10-16(15)21-17(19)20/h3-10H,11-12H2,1-2H3/p+1. The Bertz CT molecular complexity index is 817. The molecular formula is C17H19N2O2+. The van der Waals surface area contributed by atoms with Crippen LogP contribution in [-0.2, 0) is 13.2 Å². The van der Waals surface area contributed by atoms with Crippen molar-refractivity contribution in [3.8, 4) is 0 Å². The van der Waals surface area contributed by atoms with Gasteiger partial charge in [-0.15, -0.1) is 0 Å². The van der Waals surface area contributed by atoms with Crippen LogP contribution >= 0.6 is 0 Å². The van der Waals surface area contributed by atoms with Gasteiger partial charge in [-0.25, -0.2) is 9.36 Å². The Morgan fingerprint density at radius 2 is 1.81 bits per heavy atom. The molecule has 0 bridgehead atoms. The van der Waals surface area contributed by atoms with Crippen molar-refractivity contribution < 1.29 is 9.32 Å². The molecule has 0 saturated heterocycles. The minimum atomic E-state index is -0.291. The summed E-state index contributed by atoms with van der Waals surface area (Å²) >= 11 is 0. The Kier molecular flexibility index (Phi) is 3.62. The smallest absolute Gasteiger partial charge is 0.408 e. The van der Waals surface area contributed by atoms with Crippen LogP contribution in [0.3, 0.4) is 0 Å². The molecule has 0 aliphatic carbocycles. The summed E-state index contributed by atoms with van der Waals surface area (Å²) < 4.78 is 6.97. The molecule has 0 aliphatic rings. The summed E-state index contributed by atoms with van der Waals surface area (Å²) in [5, 5.41) is 0. The highest BCUT2D eigenvalue weighted by Gasteiger charge is 2.13. The first-order valence-corrected chi connectivity index (χ1v) is 7.09. The van der Waals surface area contributed by atoms with E-state index in [1.807, 2.05) is 30.3 Å². The van der Waals surface area contributed by atoms with Crippen LogP contribution in [0.15, 0.2) is 57.7 Å². The highest BCUT2D eigenvalue weighted by molar-refractivity contribution is 5.72. The van der Waals surface area contributed by atoms with Crippen molar-refractivity contribution in [2.75, 3.05) is 7.05 Å². The van der Waals surface area contributed by atoms with Gasteiger partial charge in [-0.3, -0.25) is 0 Å². The van der Waals surface area contributed by atoms with E-state index in [0.29, 0.717) is 12.3 Å². The average molecular weight is 283 g/mol. The van der Waals surface area contributed by atoms with E-state index >= 15 is 0 Å². The molecular weight excluding hydrogens is 264 g/mol. The van der Waals surface area contributed by atoms with Crippen molar-refractivity contribution in [2.45, 2.75) is 20.1 Å². The molecule has 1 unspecified atom stereocenters. The van der Waals surface area contributed by atoms with E-state index in [0.717, 1.165) is 12.1 Å². The molecule has 108 valence electrons. The summed E-state index contributed by atoms with van der Waals surface area (Å²) in [4.78, 5) is 13.2. The van der Waals surface area contributed by atoms with Crippen LogP contribution in [0.1, 0.15) is 11.1 Å². The van der Waals surface area contributed by atoms with Crippen molar-refractivity contribution in [1.29, 1.82) is 0 Å². The van der Waals surface area contributed by atoms with Crippen molar-refractivity contribution >= 4 is 11.1 Å². The van der Waals surface area contributed by atoms with Crippen LogP contribution in [0.5, 0.6) is 0 Å². The monoisotopic (exact) mass is 283 g/mol. The van der Waals surface area contributed by atoms with Crippen molar-refractivity contribution in [3.05, 3.63) is 70.2 Å². The number of nitrogens with zero attached hydrogens (tertiary/aromatic N) is 1. The van der Waals surface area contributed by atoms with Gasteiger partial charge in [-0.1, -0.05) is 36.4 Å². The number of nitrogens with one attached hydrogen (secondary N) is 1. The fourth-order valence-corrected chi connectivity index (χ4v) is 2.62. The number of fused-ring (bicyclic) bond motifs is 1. The maximum atomic E-state index is 12.0. The van der Waals surface area contributed by atoms with Gasteiger partial charge in [0.15, 0.2) is 12.3 Å². The van der Waals surface area contributed by atoms with E-state index in [1.165, 1.54) is 16.0 Å². The van der Waals surface area contributed by atoms with Crippen molar-refractivity contribution in [2.24, 2.45) is 0 Å². The molecule has 3 aromatic rings. The van der Waals surface area contributed by atoms with Crippen molar-refractivity contribution in [3.63, 3.8) is 0 Å². The number of rotatable bonds is 4. The van der Waals surface area contributed by atoms with E-state index in [1.54, 1.807) is 4.57 Å². The number of quaternary nitrogens is 1. The third-order valence-electron chi connectivity index (χ3n) is 3.76. The molecule has 3 rings (SSSR count). The Morgan fingerprint density at radius 3 is 2.62 bits per heavy atom. The van der Waals surface area contributed by atoms with Gasteiger partial charge in [-0.05, 0) is 24.6 Å². The Hall–Kier alpha value is -2.33. The van der Waals surface area contributed by atoms with Crippen LogP contribution in [0, 0.1) is 6.92 Å². The molecule has 0 spiro atoms. The number of para-hydroxylation sites is 2. The molecule has 0 fully saturated rings. The molecule has 0 amide bonds. The zero-order valence-corrected chi connectivity index (χ0v) is 12.3. The summed E-state index contributed by atoms with van der Waals surface area (Å²) in [6.45, 7) is 3.57. The lowest BCUT2D eigenvalue weighted by molar-refractivity contribution is -0.916. The van der Waals surface area contributed by atoms with E-state index in [2.05, 4.69) is 32.2 Å². The van der Waals surface area contributed by atoms with Crippen LogP contribution in [0.25, 0.3) is 11.1 Å². The molecule has 1 aromatic heterocycles. The van der Waals surface area contributed by atoms with E-state index < -0.39 is 0 Å². The van der Waals surface area contributed by atoms with E-state index in [9.17, 15) is 4.79 Å². The highest BCUT2D eigenvalue weighted by atomic mass is 16.4. The Labute approximate surface area is 123 Å². The lowest BCUT2D eigenvalue weighted by Crippen LogP contribution is -3.07. The summed E-state index contributed by atoms with van der Waals surface area (Å²) in [6, 6.07) is 15.9. The fourth-order valence-electron chi connectivity index (χ4n) is 2.62. The maximum absolute atomic E-state index is 12.0. The zero-order chi connectivity index (χ0) is 14.8. The first-order chi connectivity index (χ1) is 10.1. The molecule has 2 aromatic carbocycles. The third kappa shape index (κ3) is 2.76. The minimum absolute atomic E-state index is 0.291. The van der Waals surface area contributed by atoms with Gasteiger partial charge < -0.3 is 9.32 Å². The normalized spacial score (nSPS) is 12.7. The molecule has 0 saturated carbocycles. The topological polar surface area (TPSA) is 39.6 Å². The second-order valence-electron chi connectivity index (χ2n) is 5.48. The SMILES string of the molecule is Cc1ccccc1C[NH+](C)Cn1c(=O)oc2ccccc21. The highest BCUT2D eigenvalue weighted by Crippen LogP contribution is 2.10. The number of aryl methyl sites for hydroxylation is 1. The lowest BCUT2D eigenvalue weighted by atomic mass is 10.1. The predicted molar refractivity (Wildman–Crippen MR) is 82.2 cm³/mol. The number of hydrogen-bond donors (Lipinski definition) is 1. The number of hydrogen-bond acceptors (Lipinski definition) is 2. The van der Waals surface area contributed by atoms with Gasteiger partial charge in [0.2, 0.25) is 0 Å². The second-order valence-corrected chi connectivity index (χ2v) is 5.48. The first-order valence-electron chi connectivity index (χ1n) is 7.09. The number of benzene rings is 2. The molecule has 4 heteroatoms. The molecule has 1 heterocycles. The van der Waals surface area contributed by atoms with Crippen LogP contribution < -0.4 is 10.7 Å². The zero-order valence-electron chi connectivity index (χ0n) is 12.3. The van der Waals surface area contributed by atoms with Crippen LogP contribution in [0.2, 0.25) is 0 Å². The molecule has 4 nitrogen and oxygen atoms in total. The second kappa shape index (κ2) is 5.58. The average Bonchev–Trinajstić information content (AvgIpc) is 2.78. The van der Waals surface area contributed by atoms with Gasteiger partial charge >= 0.3 is 5.76 Å². The summed E-state index contributed by atoms with van der Waals surface area (Å²) in [5.41, 5.74) is 4.08. The lowest BCUT2D eigenvalue weighted by Gasteiger charge is -2.15. The van der Waals surface area contributed by atoms with Gasteiger partial charge in [-0.2, -0.15) is 0 Å². The third-order valence-corrected chi connectivity index (χ3v) is 3.76. The van der Waals surface area contributed by atoms with Gasteiger partial charge in [0, 0.05) is 5.56 Å². The van der Waals surface area contributed by atoms with Crippen LogP contribution in [0.4, 0.5) is 0 Å². The van der Waals surface area contributed by atoms with E-state index in [4.69, 9.17) is 4.42 Å². The fraction of sp³-hybridized carbons (Fsp3) is 0.235. The quantitative estimate of drug-likeness (QED) is 0.789. The molecule has 1 atom stereocenters. The molecule has 0 radical (unpaired) electrons. The minimum Gasteiger partial charge on any atom is -0.408 e. The summed E-state index contributed by atoms with van der Waals surface area (Å²) in [6.07, 6.45) is 0. The molecule has 21 heavy (non-hydrogen) atoms. The van der Waals surface area contributed by atoms with Gasteiger partial charge in [0.1, 0.15) is 6.54 Å². The molecule has 1 N–H and O–H groups in total. The maximum Gasteiger partial charge on any atom is 0.424 e. The predicted octanol–water partition coefficient (Wildman–Crippen LogP) is 1.58. The first kappa shape index (κ1) is 13.6. The summed E-state index contributed by atoms with van der Waals surface area (Å²) in [5.74, 6) is -0.291.